The molecule has 4 heterocycles. The summed E-state index contributed by atoms with van der Waals surface area (Å²) in [6.45, 7) is 3.31. The van der Waals surface area contributed by atoms with Gasteiger partial charge in [-0.05, 0) is 25.0 Å². The highest BCUT2D eigenvalue weighted by Crippen LogP contribution is 2.32. The fourth-order valence-electron chi connectivity index (χ4n) is 4.37. The Hall–Kier alpha value is -2.75. The van der Waals surface area contributed by atoms with Gasteiger partial charge in [-0.1, -0.05) is 12.1 Å². The molecule has 2 bridgehead atoms. The summed E-state index contributed by atoms with van der Waals surface area (Å²) in [5.74, 6) is 0.776. The Morgan fingerprint density at radius 1 is 1.17 bits per heavy atom. The maximum atomic E-state index is 11.8. The van der Waals surface area contributed by atoms with E-state index in [0.717, 1.165) is 67.5 Å². The van der Waals surface area contributed by atoms with Crippen LogP contribution in [0.1, 0.15) is 24.1 Å². The second-order valence-electron chi connectivity index (χ2n) is 7.95. The number of amides is 2. The van der Waals surface area contributed by atoms with Crippen molar-refractivity contribution >= 4 is 17.7 Å². The van der Waals surface area contributed by atoms with E-state index in [2.05, 4.69) is 20.9 Å². The summed E-state index contributed by atoms with van der Waals surface area (Å²) in [5.41, 5.74) is 4.81. The van der Waals surface area contributed by atoms with Gasteiger partial charge in [-0.3, -0.25) is 0 Å². The zero-order valence-corrected chi connectivity index (χ0v) is 16.7. The summed E-state index contributed by atoms with van der Waals surface area (Å²) in [6, 6.07) is 7.32. The van der Waals surface area contributed by atoms with E-state index in [4.69, 9.17) is 19.8 Å². The maximum absolute atomic E-state index is 11.8. The number of aliphatic hydroxyl groups excluding tert-OH is 1. The lowest BCUT2D eigenvalue weighted by atomic mass is 10.1. The second kappa shape index (κ2) is 8.17. The molecule has 2 aromatic rings. The van der Waals surface area contributed by atoms with E-state index >= 15 is 0 Å². The zero-order chi connectivity index (χ0) is 20.5. The van der Waals surface area contributed by atoms with Crippen LogP contribution in [-0.2, 0) is 17.8 Å². The lowest BCUT2D eigenvalue weighted by Crippen LogP contribution is -2.43. The Labute approximate surface area is 174 Å². The molecule has 0 unspecified atom stereocenters. The van der Waals surface area contributed by atoms with Gasteiger partial charge in [-0.15, -0.1) is 0 Å². The number of carbonyl (C=O) groups is 1. The van der Waals surface area contributed by atoms with Gasteiger partial charge in [0.25, 0.3) is 0 Å². The van der Waals surface area contributed by atoms with Gasteiger partial charge >= 0.3 is 6.03 Å². The first-order valence-electron chi connectivity index (χ1n) is 10.5. The second-order valence-corrected chi connectivity index (χ2v) is 7.95. The highest BCUT2D eigenvalue weighted by Gasteiger charge is 2.35. The van der Waals surface area contributed by atoms with Crippen molar-refractivity contribution in [2.75, 3.05) is 36.5 Å². The molecule has 5 rings (SSSR count). The monoisotopic (exact) mass is 410 g/mol. The lowest BCUT2D eigenvalue weighted by Gasteiger charge is -2.32. The average molecular weight is 410 g/mol. The first-order chi connectivity index (χ1) is 14.7. The first kappa shape index (κ1) is 19.2. The first-order valence-corrected chi connectivity index (χ1v) is 10.5. The fraction of sp³-hybridized carbons (Fsp3) is 0.476. The van der Waals surface area contributed by atoms with Crippen molar-refractivity contribution in [2.45, 2.75) is 38.1 Å². The number of morpholine rings is 1. The molecule has 158 valence electrons. The number of nitrogens with zero attached hydrogens (tertiary/aromatic N) is 3. The standard InChI is InChI=1S/C21H26N6O3/c28-8-7-23-21(29)24-14-3-1-13(2-4-14)19-17-9-22-10-18(17)25-20(26-19)27-11-15-5-6-16(12-27)30-15/h1-4,15-16,22,28H,5-12H2,(H2,23,24,29)/t15-,16+. The van der Waals surface area contributed by atoms with E-state index in [-0.39, 0.29) is 31.4 Å². The number of aliphatic hydroxyl groups is 1. The van der Waals surface area contributed by atoms with Gasteiger partial charge in [0.05, 0.1) is 30.2 Å². The number of hydrogen-bond donors (Lipinski definition) is 4. The number of urea groups is 1. The van der Waals surface area contributed by atoms with E-state index in [0.29, 0.717) is 5.69 Å². The van der Waals surface area contributed by atoms with Crippen molar-refractivity contribution in [1.82, 2.24) is 20.6 Å². The third kappa shape index (κ3) is 3.83. The number of anilines is 2. The Kier molecular flexibility index (Phi) is 5.24. The average Bonchev–Trinajstić information content (AvgIpc) is 3.37. The summed E-state index contributed by atoms with van der Waals surface area (Å²) >= 11 is 0. The van der Waals surface area contributed by atoms with Crippen molar-refractivity contribution < 1.29 is 14.6 Å². The molecule has 2 saturated heterocycles. The van der Waals surface area contributed by atoms with Gasteiger partial charge in [-0.2, -0.15) is 0 Å². The molecule has 4 N–H and O–H groups in total. The van der Waals surface area contributed by atoms with Crippen LogP contribution in [0.4, 0.5) is 16.4 Å². The Bertz CT molecular complexity index is 923. The highest BCUT2D eigenvalue weighted by molar-refractivity contribution is 5.89. The SMILES string of the molecule is O=C(NCCO)Nc1ccc(-c2nc(N3C[C@H]4CC[C@@H](C3)O4)nc3c2CNC3)cc1. The minimum absolute atomic E-state index is 0.0911. The molecule has 2 atom stereocenters. The minimum Gasteiger partial charge on any atom is -0.395 e. The number of carbonyl (C=O) groups excluding carboxylic acids is 1. The van der Waals surface area contributed by atoms with Gasteiger partial charge in [0, 0.05) is 49.5 Å². The maximum Gasteiger partial charge on any atom is 0.319 e. The lowest BCUT2D eigenvalue weighted by molar-refractivity contribution is 0.0299. The normalized spacial score (nSPS) is 22.1. The number of hydrogen-bond acceptors (Lipinski definition) is 7. The third-order valence-corrected chi connectivity index (χ3v) is 5.82. The molecule has 9 nitrogen and oxygen atoms in total. The number of fused-ring (bicyclic) bond motifs is 3. The molecule has 1 aromatic carbocycles. The van der Waals surface area contributed by atoms with Crippen LogP contribution in [0, 0.1) is 0 Å². The molecular formula is C21H26N6O3. The predicted octanol–water partition coefficient (Wildman–Crippen LogP) is 1.23. The minimum atomic E-state index is -0.340. The number of aromatic nitrogens is 2. The summed E-state index contributed by atoms with van der Waals surface area (Å²) < 4.78 is 5.96. The van der Waals surface area contributed by atoms with Crippen molar-refractivity contribution in [1.29, 1.82) is 0 Å². The molecule has 30 heavy (non-hydrogen) atoms. The van der Waals surface area contributed by atoms with Crippen molar-refractivity contribution in [3.05, 3.63) is 35.5 Å². The van der Waals surface area contributed by atoms with E-state index < -0.39 is 0 Å². The van der Waals surface area contributed by atoms with Crippen LogP contribution in [-0.4, -0.2) is 59.6 Å². The molecule has 0 aliphatic carbocycles. The molecule has 2 amide bonds. The topological polar surface area (TPSA) is 112 Å². The smallest absolute Gasteiger partial charge is 0.319 e. The molecule has 3 aliphatic rings. The molecule has 0 saturated carbocycles. The Morgan fingerprint density at radius 3 is 2.67 bits per heavy atom. The molecule has 0 radical (unpaired) electrons. The quantitative estimate of drug-likeness (QED) is 0.587. The molecule has 3 aliphatic heterocycles. The van der Waals surface area contributed by atoms with Crippen LogP contribution < -0.4 is 20.9 Å². The third-order valence-electron chi connectivity index (χ3n) is 5.82. The van der Waals surface area contributed by atoms with Crippen molar-refractivity contribution in [3.8, 4) is 11.3 Å². The van der Waals surface area contributed by atoms with Crippen LogP contribution in [0.5, 0.6) is 0 Å². The number of benzene rings is 1. The van der Waals surface area contributed by atoms with E-state index in [9.17, 15) is 4.79 Å². The molecular weight excluding hydrogens is 384 g/mol. The largest absolute Gasteiger partial charge is 0.395 e. The summed E-state index contributed by atoms with van der Waals surface area (Å²) in [7, 11) is 0. The number of nitrogens with one attached hydrogen (secondary N) is 3. The summed E-state index contributed by atoms with van der Waals surface area (Å²) in [6.07, 6.45) is 2.79. The van der Waals surface area contributed by atoms with Crippen molar-refractivity contribution in [2.24, 2.45) is 0 Å². The van der Waals surface area contributed by atoms with Crippen LogP contribution in [0.2, 0.25) is 0 Å². The van der Waals surface area contributed by atoms with Crippen LogP contribution in [0.15, 0.2) is 24.3 Å². The predicted molar refractivity (Wildman–Crippen MR) is 112 cm³/mol. The summed E-state index contributed by atoms with van der Waals surface area (Å²) in [4.78, 5) is 23.9. The molecule has 1 aromatic heterocycles. The van der Waals surface area contributed by atoms with E-state index in [1.54, 1.807) is 0 Å². The Morgan fingerprint density at radius 2 is 1.93 bits per heavy atom. The van der Waals surface area contributed by atoms with Crippen molar-refractivity contribution in [3.63, 3.8) is 0 Å². The summed E-state index contributed by atoms with van der Waals surface area (Å²) in [5, 5.41) is 17.5. The van der Waals surface area contributed by atoms with E-state index in [1.165, 1.54) is 0 Å². The van der Waals surface area contributed by atoms with E-state index in [1.807, 2.05) is 24.3 Å². The number of rotatable bonds is 5. The van der Waals surface area contributed by atoms with Crippen LogP contribution in [0.25, 0.3) is 11.3 Å². The highest BCUT2D eigenvalue weighted by atomic mass is 16.5. The number of ether oxygens (including phenoxy) is 1. The zero-order valence-electron chi connectivity index (χ0n) is 16.7. The molecule has 9 heteroatoms. The molecule has 0 spiro atoms. The van der Waals surface area contributed by atoms with Crippen LogP contribution >= 0.6 is 0 Å². The van der Waals surface area contributed by atoms with Gasteiger partial charge in [0.1, 0.15) is 0 Å². The fourth-order valence-corrected chi connectivity index (χ4v) is 4.37. The van der Waals surface area contributed by atoms with Gasteiger partial charge in [0.2, 0.25) is 5.95 Å². The van der Waals surface area contributed by atoms with Gasteiger partial charge in [0.15, 0.2) is 0 Å². The Balaban J connectivity index is 1.40. The van der Waals surface area contributed by atoms with Crippen LogP contribution in [0.3, 0.4) is 0 Å². The molecule has 2 fully saturated rings. The van der Waals surface area contributed by atoms with Gasteiger partial charge in [-0.25, -0.2) is 14.8 Å². The van der Waals surface area contributed by atoms with Gasteiger partial charge < -0.3 is 30.7 Å².